The summed E-state index contributed by atoms with van der Waals surface area (Å²) < 4.78 is 52.3. The summed E-state index contributed by atoms with van der Waals surface area (Å²) in [6, 6.07) is 4.02. The van der Waals surface area contributed by atoms with E-state index in [-0.39, 0.29) is 30.7 Å². The Morgan fingerprint density at radius 3 is 1.67 bits per heavy atom. The summed E-state index contributed by atoms with van der Waals surface area (Å²) in [6.45, 7) is 13.9. The van der Waals surface area contributed by atoms with E-state index in [1.807, 2.05) is 39.8 Å². The molecule has 0 atom stereocenters. The minimum absolute atomic E-state index is 0.0448. The first kappa shape index (κ1) is 22.4. The maximum absolute atomic E-state index is 13.4. The number of hydrogen-bond acceptors (Lipinski definition) is 4. The smallest absolute Gasteiger partial charge is 0.228 e. The minimum atomic E-state index is -3.73. The van der Waals surface area contributed by atoms with Gasteiger partial charge in [-0.25, -0.2) is 16.8 Å². The fourth-order valence-corrected chi connectivity index (χ4v) is 7.05. The van der Waals surface area contributed by atoms with Crippen LogP contribution in [0.25, 0.3) is 0 Å². The van der Waals surface area contributed by atoms with E-state index in [4.69, 9.17) is 0 Å². The van der Waals surface area contributed by atoms with E-state index < -0.39 is 25.1 Å². The van der Waals surface area contributed by atoms with Crippen molar-refractivity contribution in [2.24, 2.45) is 0 Å². The predicted octanol–water partition coefficient (Wildman–Crippen LogP) is 3.86. The van der Waals surface area contributed by atoms with Gasteiger partial charge in [-0.1, -0.05) is 60.6 Å². The van der Waals surface area contributed by atoms with Crippen LogP contribution in [0, 0.1) is 0 Å². The highest BCUT2D eigenvalue weighted by Gasteiger charge is 2.44. The maximum Gasteiger partial charge on any atom is 0.243 e. The molecule has 154 valence electrons. The Morgan fingerprint density at radius 2 is 1.33 bits per heavy atom. The number of sulfone groups is 1. The van der Waals surface area contributed by atoms with Crippen LogP contribution in [-0.2, 0) is 19.9 Å². The van der Waals surface area contributed by atoms with E-state index in [1.165, 1.54) is 4.31 Å². The van der Waals surface area contributed by atoms with Crippen molar-refractivity contribution in [2.45, 2.75) is 76.4 Å². The first-order valence-electron chi connectivity index (χ1n) is 9.72. The third-order valence-electron chi connectivity index (χ3n) is 5.40. The van der Waals surface area contributed by atoms with Crippen molar-refractivity contribution in [3.63, 3.8) is 0 Å². The molecule has 1 aliphatic rings. The molecule has 1 aliphatic heterocycles. The lowest BCUT2D eigenvalue weighted by molar-refractivity contribution is 0.309. The van der Waals surface area contributed by atoms with Crippen LogP contribution in [0.3, 0.4) is 0 Å². The van der Waals surface area contributed by atoms with Crippen molar-refractivity contribution in [3.05, 3.63) is 28.8 Å². The summed E-state index contributed by atoms with van der Waals surface area (Å²) in [7, 11) is -6.94. The van der Waals surface area contributed by atoms with E-state index >= 15 is 0 Å². The summed E-state index contributed by atoms with van der Waals surface area (Å²) in [5.41, 5.74) is 2.79. The molecule has 2 rings (SSSR count). The first-order valence-corrected chi connectivity index (χ1v) is 12.9. The van der Waals surface area contributed by atoms with Crippen molar-refractivity contribution in [2.75, 3.05) is 18.8 Å². The van der Waals surface area contributed by atoms with E-state index in [0.717, 1.165) is 16.7 Å². The van der Waals surface area contributed by atoms with Crippen LogP contribution in [-0.4, -0.2) is 45.2 Å². The van der Waals surface area contributed by atoms with Gasteiger partial charge in [0.1, 0.15) is 0 Å². The van der Waals surface area contributed by atoms with Crippen molar-refractivity contribution < 1.29 is 16.8 Å². The molecule has 0 aromatic heterocycles. The fourth-order valence-electron chi connectivity index (χ4n) is 3.38. The third kappa shape index (κ3) is 4.25. The number of nitrogens with zero attached hydrogens (tertiary/aromatic N) is 1. The number of sulfonamides is 1. The van der Waals surface area contributed by atoms with Crippen LogP contribution < -0.4 is 0 Å². The zero-order chi connectivity index (χ0) is 20.7. The van der Waals surface area contributed by atoms with Gasteiger partial charge in [0.25, 0.3) is 0 Å². The Bertz CT molecular complexity index is 865. The summed E-state index contributed by atoms with van der Waals surface area (Å²) in [4.78, 5) is 0.379. The van der Waals surface area contributed by atoms with Crippen LogP contribution in [0.5, 0.6) is 0 Å². The molecule has 0 radical (unpaired) electrons. The second-order valence-corrected chi connectivity index (χ2v) is 12.8. The molecule has 0 bridgehead atoms. The minimum Gasteiger partial charge on any atom is -0.228 e. The van der Waals surface area contributed by atoms with Gasteiger partial charge in [-0.05, 0) is 34.4 Å². The highest BCUT2D eigenvalue weighted by Crippen LogP contribution is 2.38. The van der Waals surface area contributed by atoms with Gasteiger partial charge < -0.3 is 0 Å². The zero-order valence-electron chi connectivity index (χ0n) is 17.5. The maximum atomic E-state index is 13.4. The SMILES string of the molecule is CCS(=O)(=O)C1CN(S(=O)(=O)c2c(C(C)C)cc(C(C)C)cc2C(C)C)C1. The molecule has 0 saturated carbocycles. The molecule has 0 N–H and O–H groups in total. The Morgan fingerprint density at radius 1 is 0.889 bits per heavy atom. The normalized spacial score (nSPS) is 17.1. The topological polar surface area (TPSA) is 71.5 Å². The highest BCUT2D eigenvalue weighted by molar-refractivity contribution is 7.92. The van der Waals surface area contributed by atoms with E-state index in [1.54, 1.807) is 6.92 Å². The van der Waals surface area contributed by atoms with Gasteiger partial charge in [-0.2, -0.15) is 4.31 Å². The lowest BCUT2D eigenvalue weighted by Crippen LogP contribution is -2.57. The summed E-state index contributed by atoms with van der Waals surface area (Å²) in [5.74, 6) is 0.466. The summed E-state index contributed by atoms with van der Waals surface area (Å²) in [5, 5.41) is -0.586. The Labute approximate surface area is 165 Å². The van der Waals surface area contributed by atoms with Crippen molar-refractivity contribution >= 4 is 19.9 Å². The molecule has 1 heterocycles. The molecule has 0 amide bonds. The van der Waals surface area contributed by atoms with Gasteiger partial charge in [-0.15, -0.1) is 0 Å². The highest BCUT2D eigenvalue weighted by atomic mass is 32.2. The second kappa shape index (κ2) is 7.84. The summed E-state index contributed by atoms with van der Waals surface area (Å²) >= 11 is 0. The van der Waals surface area contributed by atoms with Gasteiger partial charge in [0, 0.05) is 18.8 Å². The Kier molecular flexibility index (Phi) is 6.49. The van der Waals surface area contributed by atoms with E-state index in [2.05, 4.69) is 13.8 Å². The van der Waals surface area contributed by atoms with Crippen LogP contribution in [0.15, 0.2) is 17.0 Å². The number of hydrogen-bond donors (Lipinski definition) is 0. The van der Waals surface area contributed by atoms with Crippen molar-refractivity contribution in [1.29, 1.82) is 0 Å². The van der Waals surface area contributed by atoms with Crippen LogP contribution in [0.2, 0.25) is 0 Å². The largest absolute Gasteiger partial charge is 0.243 e. The average Bonchev–Trinajstić information content (AvgIpc) is 2.51. The summed E-state index contributed by atoms with van der Waals surface area (Å²) in [6.07, 6.45) is 0. The van der Waals surface area contributed by atoms with Gasteiger partial charge in [-0.3, -0.25) is 0 Å². The molecule has 27 heavy (non-hydrogen) atoms. The molecule has 1 aromatic rings. The molecule has 0 aliphatic carbocycles. The lowest BCUT2D eigenvalue weighted by Gasteiger charge is -2.38. The van der Waals surface area contributed by atoms with Gasteiger partial charge >= 0.3 is 0 Å². The molecule has 0 spiro atoms. The standard InChI is InChI=1S/C20H33NO4S2/c1-8-26(22,23)17-11-21(12-17)27(24,25)20-18(14(4)5)9-16(13(2)3)10-19(20)15(6)7/h9-10,13-15,17H,8,11-12H2,1-7H3. The quantitative estimate of drug-likeness (QED) is 0.678. The van der Waals surface area contributed by atoms with Crippen LogP contribution in [0.1, 0.15) is 82.9 Å². The van der Waals surface area contributed by atoms with Crippen molar-refractivity contribution in [1.82, 2.24) is 4.31 Å². The molecule has 0 unspecified atom stereocenters. The molecule has 1 aromatic carbocycles. The first-order chi connectivity index (χ1) is 12.3. The zero-order valence-corrected chi connectivity index (χ0v) is 19.1. The molecular formula is C20H33NO4S2. The predicted molar refractivity (Wildman–Crippen MR) is 111 cm³/mol. The fraction of sp³-hybridized carbons (Fsp3) is 0.700. The Hall–Kier alpha value is -0.920. The molecule has 1 fully saturated rings. The lowest BCUT2D eigenvalue weighted by atomic mass is 9.89. The number of rotatable bonds is 7. The molecule has 7 heteroatoms. The molecular weight excluding hydrogens is 382 g/mol. The third-order valence-corrected chi connectivity index (χ3v) is 9.49. The van der Waals surface area contributed by atoms with Gasteiger partial charge in [0.15, 0.2) is 9.84 Å². The monoisotopic (exact) mass is 415 g/mol. The average molecular weight is 416 g/mol. The van der Waals surface area contributed by atoms with Crippen LogP contribution >= 0.6 is 0 Å². The number of benzene rings is 1. The van der Waals surface area contributed by atoms with Gasteiger partial charge in [0.2, 0.25) is 10.0 Å². The van der Waals surface area contributed by atoms with E-state index in [9.17, 15) is 16.8 Å². The van der Waals surface area contributed by atoms with Crippen LogP contribution in [0.4, 0.5) is 0 Å². The molecule has 1 saturated heterocycles. The van der Waals surface area contributed by atoms with Crippen molar-refractivity contribution in [3.8, 4) is 0 Å². The second-order valence-electron chi connectivity index (χ2n) is 8.39. The molecule has 5 nitrogen and oxygen atoms in total. The van der Waals surface area contributed by atoms with Gasteiger partial charge in [0.05, 0.1) is 10.1 Å². The van der Waals surface area contributed by atoms with E-state index in [0.29, 0.717) is 10.8 Å². The Balaban J connectivity index is 2.56.